The van der Waals surface area contributed by atoms with E-state index in [0.29, 0.717) is 11.3 Å². The number of rotatable bonds is 2. The van der Waals surface area contributed by atoms with E-state index in [0.717, 1.165) is 0 Å². The summed E-state index contributed by atoms with van der Waals surface area (Å²) in [5.41, 5.74) is 11.4. The Labute approximate surface area is 79.7 Å². The molecule has 0 saturated carbocycles. The molecule has 0 radical (unpaired) electrons. The third-order valence-electron chi connectivity index (χ3n) is 1.86. The van der Waals surface area contributed by atoms with Crippen LogP contribution in [0.4, 0.5) is 18.9 Å². The zero-order chi connectivity index (χ0) is 10.8. The van der Waals surface area contributed by atoms with Gasteiger partial charge in [-0.15, -0.1) is 0 Å². The summed E-state index contributed by atoms with van der Waals surface area (Å²) < 4.78 is 36.2. The van der Waals surface area contributed by atoms with Gasteiger partial charge in [0.25, 0.3) is 0 Å². The van der Waals surface area contributed by atoms with E-state index >= 15 is 0 Å². The molecule has 0 aliphatic rings. The zero-order valence-electron chi connectivity index (χ0n) is 7.38. The first kappa shape index (κ1) is 10.8. The Bertz CT molecular complexity index is 292. The van der Waals surface area contributed by atoms with Crippen LogP contribution >= 0.6 is 0 Å². The summed E-state index contributed by atoms with van der Waals surface area (Å²) in [6.07, 6.45) is -4.56. The van der Waals surface area contributed by atoms with Crippen LogP contribution in [0.2, 0.25) is 0 Å². The van der Waals surface area contributed by atoms with Crippen LogP contribution in [0.3, 0.4) is 0 Å². The molecule has 0 amide bonds. The van der Waals surface area contributed by atoms with Crippen molar-refractivity contribution < 1.29 is 13.2 Å². The largest absolute Gasteiger partial charge is 0.403 e. The fraction of sp³-hybridized carbons (Fsp3) is 0.333. The molecule has 0 heterocycles. The standard InChI is InChI=1S/C9H11F3N2/c10-9(11,12)8(14)5-6-1-3-7(13)4-2-6/h1-4,8H,5,13-14H2. The second kappa shape index (κ2) is 3.88. The highest BCUT2D eigenvalue weighted by Gasteiger charge is 2.36. The summed E-state index contributed by atoms with van der Waals surface area (Å²) in [5.74, 6) is 0. The van der Waals surface area contributed by atoms with Crippen molar-refractivity contribution in [1.82, 2.24) is 0 Å². The van der Waals surface area contributed by atoms with Gasteiger partial charge < -0.3 is 11.5 Å². The molecule has 1 unspecified atom stereocenters. The van der Waals surface area contributed by atoms with Crippen molar-refractivity contribution >= 4 is 5.69 Å². The predicted octanol–water partition coefficient (Wildman–Crippen LogP) is 1.70. The van der Waals surface area contributed by atoms with Gasteiger partial charge in [-0.3, -0.25) is 0 Å². The van der Waals surface area contributed by atoms with Gasteiger partial charge in [0.2, 0.25) is 0 Å². The topological polar surface area (TPSA) is 52.0 Å². The molecular formula is C9H11F3N2. The molecule has 0 aliphatic carbocycles. The second-order valence-electron chi connectivity index (χ2n) is 3.09. The van der Waals surface area contributed by atoms with Crippen LogP contribution < -0.4 is 11.5 Å². The molecule has 0 saturated heterocycles. The Morgan fingerprint density at radius 1 is 1.14 bits per heavy atom. The summed E-state index contributed by atoms with van der Waals surface area (Å²) in [7, 11) is 0. The Morgan fingerprint density at radius 2 is 1.64 bits per heavy atom. The van der Waals surface area contributed by atoms with Gasteiger partial charge >= 0.3 is 6.18 Å². The number of hydrogen-bond acceptors (Lipinski definition) is 2. The molecule has 4 N–H and O–H groups in total. The Morgan fingerprint density at radius 3 is 2.07 bits per heavy atom. The van der Waals surface area contributed by atoms with Crippen LogP contribution in [0.1, 0.15) is 5.56 Å². The highest BCUT2D eigenvalue weighted by atomic mass is 19.4. The molecule has 1 rings (SSSR count). The van der Waals surface area contributed by atoms with Crippen molar-refractivity contribution in [2.24, 2.45) is 5.73 Å². The third-order valence-corrected chi connectivity index (χ3v) is 1.86. The minimum atomic E-state index is -4.35. The van der Waals surface area contributed by atoms with Crippen LogP contribution in [-0.2, 0) is 6.42 Å². The molecule has 1 aromatic carbocycles. The molecule has 14 heavy (non-hydrogen) atoms. The van der Waals surface area contributed by atoms with Crippen molar-refractivity contribution in [3.05, 3.63) is 29.8 Å². The van der Waals surface area contributed by atoms with Gasteiger partial charge in [-0.25, -0.2) is 0 Å². The van der Waals surface area contributed by atoms with Crippen LogP contribution in [0.15, 0.2) is 24.3 Å². The lowest BCUT2D eigenvalue weighted by atomic mass is 10.1. The van der Waals surface area contributed by atoms with E-state index in [2.05, 4.69) is 0 Å². The van der Waals surface area contributed by atoms with Crippen LogP contribution in [0, 0.1) is 0 Å². The van der Waals surface area contributed by atoms with Gasteiger partial charge in [0.1, 0.15) is 6.04 Å². The minimum Gasteiger partial charge on any atom is -0.399 e. The minimum absolute atomic E-state index is 0.218. The molecule has 1 atom stereocenters. The summed E-state index contributed by atoms with van der Waals surface area (Å²) in [4.78, 5) is 0. The van der Waals surface area contributed by atoms with E-state index in [1.165, 1.54) is 0 Å². The maximum absolute atomic E-state index is 12.1. The summed E-state index contributed by atoms with van der Waals surface area (Å²) in [6, 6.07) is 4.38. The van der Waals surface area contributed by atoms with E-state index in [1.807, 2.05) is 0 Å². The summed E-state index contributed by atoms with van der Waals surface area (Å²) >= 11 is 0. The van der Waals surface area contributed by atoms with Crippen molar-refractivity contribution in [1.29, 1.82) is 0 Å². The highest BCUT2D eigenvalue weighted by molar-refractivity contribution is 5.39. The summed E-state index contributed by atoms with van der Waals surface area (Å²) in [5, 5.41) is 0. The number of alkyl halides is 3. The molecule has 0 bridgehead atoms. The zero-order valence-corrected chi connectivity index (χ0v) is 7.38. The Kier molecular flexibility index (Phi) is 3.00. The van der Waals surface area contributed by atoms with Crippen molar-refractivity contribution in [3.8, 4) is 0 Å². The van der Waals surface area contributed by atoms with E-state index in [4.69, 9.17) is 11.5 Å². The smallest absolute Gasteiger partial charge is 0.399 e. The lowest BCUT2D eigenvalue weighted by Crippen LogP contribution is -2.39. The molecule has 5 heteroatoms. The first-order valence-corrected chi connectivity index (χ1v) is 4.06. The SMILES string of the molecule is Nc1ccc(CC(N)C(F)(F)F)cc1. The fourth-order valence-electron chi connectivity index (χ4n) is 1.02. The number of nitrogens with two attached hydrogens (primary N) is 2. The van der Waals surface area contributed by atoms with Crippen LogP contribution in [0.25, 0.3) is 0 Å². The first-order valence-electron chi connectivity index (χ1n) is 4.06. The van der Waals surface area contributed by atoms with Crippen molar-refractivity contribution in [2.75, 3.05) is 5.73 Å². The number of benzene rings is 1. The van der Waals surface area contributed by atoms with E-state index in [-0.39, 0.29) is 6.42 Å². The quantitative estimate of drug-likeness (QED) is 0.720. The molecular weight excluding hydrogens is 193 g/mol. The normalized spacial score (nSPS) is 14.0. The van der Waals surface area contributed by atoms with Gasteiger partial charge in [-0.2, -0.15) is 13.2 Å². The molecule has 1 aromatic rings. The Hall–Kier alpha value is -1.23. The molecule has 78 valence electrons. The van der Waals surface area contributed by atoms with Crippen LogP contribution in [0.5, 0.6) is 0 Å². The predicted molar refractivity (Wildman–Crippen MR) is 48.6 cm³/mol. The maximum atomic E-state index is 12.1. The molecule has 0 aliphatic heterocycles. The third kappa shape index (κ3) is 2.92. The first-order chi connectivity index (χ1) is 6.39. The van der Waals surface area contributed by atoms with Crippen molar-refractivity contribution in [3.63, 3.8) is 0 Å². The van der Waals surface area contributed by atoms with Gasteiger partial charge in [0.15, 0.2) is 0 Å². The highest BCUT2D eigenvalue weighted by Crippen LogP contribution is 2.21. The Balaban J connectivity index is 2.65. The maximum Gasteiger partial charge on any atom is 0.403 e. The molecule has 0 fully saturated rings. The molecule has 0 spiro atoms. The molecule has 0 aromatic heterocycles. The summed E-state index contributed by atoms with van der Waals surface area (Å²) in [6.45, 7) is 0. The van der Waals surface area contributed by atoms with Gasteiger partial charge in [0.05, 0.1) is 0 Å². The second-order valence-corrected chi connectivity index (χ2v) is 3.09. The number of halogens is 3. The number of anilines is 1. The van der Waals surface area contributed by atoms with Gasteiger partial charge in [-0.05, 0) is 24.1 Å². The van der Waals surface area contributed by atoms with Gasteiger partial charge in [0, 0.05) is 5.69 Å². The van der Waals surface area contributed by atoms with Gasteiger partial charge in [-0.1, -0.05) is 12.1 Å². The van der Waals surface area contributed by atoms with E-state index < -0.39 is 12.2 Å². The fourth-order valence-corrected chi connectivity index (χ4v) is 1.02. The van der Waals surface area contributed by atoms with E-state index in [1.54, 1.807) is 24.3 Å². The lowest BCUT2D eigenvalue weighted by Gasteiger charge is -2.15. The average molecular weight is 204 g/mol. The van der Waals surface area contributed by atoms with Crippen LogP contribution in [-0.4, -0.2) is 12.2 Å². The molecule has 2 nitrogen and oxygen atoms in total. The monoisotopic (exact) mass is 204 g/mol. The lowest BCUT2D eigenvalue weighted by molar-refractivity contribution is -0.147. The average Bonchev–Trinajstić information content (AvgIpc) is 2.07. The number of nitrogen functional groups attached to an aromatic ring is 1. The van der Waals surface area contributed by atoms with Crippen molar-refractivity contribution in [2.45, 2.75) is 18.6 Å². The van der Waals surface area contributed by atoms with E-state index in [9.17, 15) is 13.2 Å². The number of hydrogen-bond donors (Lipinski definition) is 2.